The molecule has 182 valence electrons. The Balaban J connectivity index is 1.22. The number of hydrogen-bond acceptors (Lipinski definition) is 5. The van der Waals surface area contributed by atoms with Crippen molar-refractivity contribution < 1.29 is 18.0 Å². The first kappa shape index (κ1) is 23.3. The van der Waals surface area contributed by atoms with E-state index in [1.807, 2.05) is 12.1 Å². The number of carbonyl (C=O) groups excluding carboxylic acids is 2. The zero-order valence-electron chi connectivity index (χ0n) is 19.2. The summed E-state index contributed by atoms with van der Waals surface area (Å²) in [5.41, 5.74) is 2.42. The number of nitrogens with zero attached hydrogens (tertiary/aromatic N) is 4. The predicted octanol–water partition coefficient (Wildman–Crippen LogP) is 1.19. The van der Waals surface area contributed by atoms with Crippen LogP contribution in [-0.2, 0) is 26.2 Å². The van der Waals surface area contributed by atoms with Crippen molar-refractivity contribution in [3.8, 4) is 6.07 Å². The van der Waals surface area contributed by atoms with Gasteiger partial charge < -0.3 is 10.2 Å². The number of carbonyl (C=O) groups is 2. The van der Waals surface area contributed by atoms with Crippen molar-refractivity contribution in [1.82, 2.24) is 18.8 Å². The van der Waals surface area contributed by atoms with Gasteiger partial charge in [-0.3, -0.25) is 9.59 Å². The summed E-state index contributed by atoms with van der Waals surface area (Å²) >= 11 is 0. The monoisotopic (exact) mass is 485 g/mol. The first-order valence-electron chi connectivity index (χ1n) is 12.2. The summed E-state index contributed by atoms with van der Waals surface area (Å²) in [7, 11) is -3.67. The van der Waals surface area contributed by atoms with Gasteiger partial charge in [-0.1, -0.05) is 24.3 Å². The lowest BCUT2D eigenvalue weighted by Crippen LogP contribution is -2.57. The van der Waals surface area contributed by atoms with E-state index in [4.69, 9.17) is 5.26 Å². The van der Waals surface area contributed by atoms with E-state index in [0.29, 0.717) is 32.4 Å². The Morgan fingerprint density at radius 2 is 1.76 bits per heavy atom. The molecule has 1 aromatic carbocycles. The summed E-state index contributed by atoms with van der Waals surface area (Å²) in [4.78, 5) is 28.3. The Morgan fingerprint density at radius 1 is 1.00 bits per heavy atom. The summed E-state index contributed by atoms with van der Waals surface area (Å²) in [5, 5.41) is 12.1. The maximum absolute atomic E-state index is 13.4. The summed E-state index contributed by atoms with van der Waals surface area (Å²) in [6, 6.07) is 9.71. The van der Waals surface area contributed by atoms with Crippen LogP contribution in [0.1, 0.15) is 49.3 Å². The molecule has 4 aliphatic rings. The number of aryl methyl sites for hydroxylation is 1. The number of hydrogen-bond donors (Lipinski definition) is 1. The lowest BCUT2D eigenvalue weighted by Gasteiger charge is -2.41. The number of amides is 2. The fraction of sp³-hybridized carbons (Fsp3) is 0.625. The highest BCUT2D eigenvalue weighted by Gasteiger charge is 2.44. The van der Waals surface area contributed by atoms with E-state index in [1.165, 1.54) is 14.2 Å². The smallest absolute Gasteiger partial charge is 0.282 e. The number of benzene rings is 1. The third-order valence-corrected chi connectivity index (χ3v) is 9.64. The molecule has 9 nitrogen and oxygen atoms in total. The number of likely N-dealkylation sites (tertiary alicyclic amines) is 1. The molecule has 3 heterocycles. The Kier molecular flexibility index (Phi) is 6.35. The summed E-state index contributed by atoms with van der Waals surface area (Å²) in [6.07, 6.45) is 4.42. The molecule has 0 aromatic heterocycles. The highest BCUT2D eigenvalue weighted by molar-refractivity contribution is 7.86. The number of nitrogens with one attached hydrogen (secondary N) is 1. The van der Waals surface area contributed by atoms with Gasteiger partial charge in [0.1, 0.15) is 6.04 Å². The highest BCUT2D eigenvalue weighted by atomic mass is 32.2. The second kappa shape index (κ2) is 9.29. The van der Waals surface area contributed by atoms with Gasteiger partial charge in [0.25, 0.3) is 10.2 Å². The molecule has 34 heavy (non-hydrogen) atoms. The van der Waals surface area contributed by atoms with Crippen molar-refractivity contribution in [2.75, 3.05) is 32.7 Å². The number of nitriles is 1. The van der Waals surface area contributed by atoms with Gasteiger partial charge in [-0.05, 0) is 49.7 Å². The van der Waals surface area contributed by atoms with Gasteiger partial charge in [0.2, 0.25) is 11.8 Å². The lowest BCUT2D eigenvalue weighted by atomic mass is 9.97. The third kappa shape index (κ3) is 4.21. The summed E-state index contributed by atoms with van der Waals surface area (Å²) < 4.78 is 28.6. The molecule has 3 saturated heterocycles. The molecule has 1 aromatic rings. The molecule has 3 aliphatic heterocycles. The van der Waals surface area contributed by atoms with Crippen LogP contribution in [0.25, 0.3) is 0 Å². The minimum Gasteiger partial charge on any atom is -0.347 e. The normalized spacial score (nSPS) is 28.2. The van der Waals surface area contributed by atoms with Crippen LogP contribution >= 0.6 is 0 Å². The quantitative estimate of drug-likeness (QED) is 0.673. The van der Waals surface area contributed by atoms with Gasteiger partial charge in [-0.15, -0.1) is 0 Å². The van der Waals surface area contributed by atoms with Crippen molar-refractivity contribution in [1.29, 1.82) is 5.26 Å². The van der Waals surface area contributed by atoms with Crippen LogP contribution in [0.2, 0.25) is 0 Å². The van der Waals surface area contributed by atoms with Crippen LogP contribution in [0.4, 0.5) is 0 Å². The molecule has 3 atom stereocenters. The fourth-order valence-electron chi connectivity index (χ4n) is 5.74. The molecule has 0 radical (unpaired) electrons. The Bertz CT molecular complexity index is 1110. The standard InChI is InChI=1S/C24H31N5O4S/c25-13-17-14-28(15-17)34(32,33)27-11-3-6-19(16-27)24(31)29-12-4-8-22(29)23(30)26-21-10-9-18-5-1-2-7-20(18)21/h1-2,5,7,17,19,21-22H,3-4,6,8-12,14-16H2,(H,26,30)/t19-,21-,22+/m0/s1. The second-order valence-corrected chi connectivity index (χ2v) is 11.8. The topological polar surface area (TPSA) is 114 Å². The largest absolute Gasteiger partial charge is 0.347 e. The van der Waals surface area contributed by atoms with Gasteiger partial charge in [0.15, 0.2) is 0 Å². The van der Waals surface area contributed by atoms with E-state index < -0.39 is 22.2 Å². The molecular weight excluding hydrogens is 454 g/mol. The van der Waals surface area contributed by atoms with E-state index >= 15 is 0 Å². The minimum atomic E-state index is -3.67. The molecule has 0 unspecified atom stereocenters. The molecular formula is C24H31N5O4S. The van der Waals surface area contributed by atoms with Gasteiger partial charge in [-0.2, -0.15) is 22.3 Å². The van der Waals surface area contributed by atoms with Crippen LogP contribution in [0.15, 0.2) is 24.3 Å². The van der Waals surface area contributed by atoms with Crippen LogP contribution in [0, 0.1) is 23.2 Å². The average Bonchev–Trinajstić information content (AvgIpc) is 3.46. The van der Waals surface area contributed by atoms with Crippen molar-refractivity contribution in [3.63, 3.8) is 0 Å². The first-order chi connectivity index (χ1) is 16.4. The van der Waals surface area contributed by atoms with Crippen molar-refractivity contribution in [2.45, 2.75) is 50.6 Å². The van der Waals surface area contributed by atoms with E-state index in [0.717, 1.165) is 24.8 Å². The minimum absolute atomic E-state index is 0.0228. The van der Waals surface area contributed by atoms with Crippen LogP contribution in [0.5, 0.6) is 0 Å². The number of fused-ring (bicyclic) bond motifs is 1. The predicted molar refractivity (Wildman–Crippen MR) is 124 cm³/mol. The Hall–Kier alpha value is -2.48. The van der Waals surface area contributed by atoms with Gasteiger partial charge >= 0.3 is 0 Å². The van der Waals surface area contributed by atoms with Gasteiger partial charge in [-0.25, -0.2) is 0 Å². The molecule has 1 N–H and O–H groups in total. The molecule has 0 saturated carbocycles. The van der Waals surface area contributed by atoms with Crippen LogP contribution in [0.3, 0.4) is 0 Å². The fourth-order valence-corrected chi connectivity index (χ4v) is 7.53. The molecule has 2 amide bonds. The number of rotatable bonds is 5. The Labute approximate surface area is 200 Å². The van der Waals surface area contributed by atoms with Crippen LogP contribution in [-0.4, -0.2) is 72.5 Å². The van der Waals surface area contributed by atoms with E-state index in [9.17, 15) is 18.0 Å². The number of piperidine rings is 1. The second-order valence-electron chi connectivity index (χ2n) is 9.84. The first-order valence-corrected chi connectivity index (χ1v) is 13.6. The summed E-state index contributed by atoms with van der Waals surface area (Å²) in [6.45, 7) is 1.47. The maximum atomic E-state index is 13.4. The molecule has 5 rings (SSSR count). The van der Waals surface area contributed by atoms with Crippen molar-refractivity contribution >= 4 is 22.0 Å². The lowest BCUT2D eigenvalue weighted by molar-refractivity contribution is -0.142. The van der Waals surface area contributed by atoms with E-state index in [-0.39, 0.29) is 43.4 Å². The third-order valence-electron chi connectivity index (χ3n) is 7.70. The zero-order valence-corrected chi connectivity index (χ0v) is 20.0. The molecule has 0 spiro atoms. The zero-order chi connectivity index (χ0) is 23.9. The summed E-state index contributed by atoms with van der Waals surface area (Å²) in [5.74, 6) is -0.941. The molecule has 3 fully saturated rings. The van der Waals surface area contributed by atoms with Gasteiger partial charge in [0.05, 0.1) is 23.9 Å². The van der Waals surface area contributed by atoms with E-state index in [1.54, 1.807) is 4.90 Å². The van der Waals surface area contributed by atoms with Gasteiger partial charge in [0, 0.05) is 32.7 Å². The highest BCUT2D eigenvalue weighted by Crippen LogP contribution is 2.32. The van der Waals surface area contributed by atoms with E-state index in [2.05, 4.69) is 23.5 Å². The maximum Gasteiger partial charge on any atom is 0.282 e. The molecule has 10 heteroatoms. The van der Waals surface area contributed by atoms with Crippen molar-refractivity contribution in [2.24, 2.45) is 11.8 Å². The molecule has 0 bridgehead atoms. The SMILES string of the molecule is N#CC1CN(S(=O)(=O)N2CCC[C@H](C(=O)N3CCC[C@@H]3C(=O)N[C@H]3CCc4ccccc43)C2)C1. The van der Waals surface area contributed by atoms with Crippen molar-refractivity contribution in [3.05, 3.63) is 35.4 Å². The molecule has 1 aliphatic carbocycles. The van der Waals surface area contributed by atoms with Crippen LogP contribution < -0.4 is 5.32 Å². The Morgan fingerprint density at radius 3 is 2.56 bits per heavy atom. The average molecular weight is 486 g/mol.